The van der Waals surface area contributed by atoms with Gasteiger partial charge in [0, 0.05) is 46.7 Å². The molecule has 0 spiro atoms. The summed E-state index contributed by atoms with van der Waals surface area (Å²) in [6, 6.07) is 41.1. The molecule has 4 heterocycles. The van der Waals surface area contributed by atoms with Gasteiger partial charge in [-0.2, -0.15) is 0 Å². The number of fused-ring (bicyclic) bond motifs is 6. The first kappa shape index (κ1) is 28.4. The maximum Gasteiger partial charge on any atom is 0.158 e. The molecule has 9 rings (SSSR count). The van der Waals surface area contributed by atoms with Gasteiger partial charge in [-0.15, -0.1) is 0 Å². The average molecular weight is 641 g/mol. The van der Waals surface area contributed by atoms with Gasteiger partial charge in [0.2, 0.25) is 0 Å². The predicted octanol–water partition coefficient (Wildman–Crippen LogP) is 10.1. The van der Waals surface area contributed by atoms with Crippen molar-refractivity contribution < 1.29 is 12.8 Å². The Hall–Kier alpha value is -5.85. The van der Waals surface area contributed by atoms with Crippen LogP contribution in [-0.4, -0.2) is 18.4 Å². The number of pyridine rings is 2. The Labute approximate surface area is 278 Å². The third kappa shape index (κ3) is 4.98. The number of sulfone groups is 1. The largest absolute Gasteiger partial charge is 0.456 e. The maximum atomic E-state index is 13.4. The Morgan fingerprint density at radius 1 is 0.479 bits per heavy atom. The van der Waals surface area contributed by atoms with Crippen LogP contribution in [0.15, 0.2) is 151 Å². The van der Waals surface area contributed by atoms with Gasteiger partial charge in [-0.05, 0) is 110 Å². The highest BCUT2D eigenvalue weighted by molar-refractivity contribution is 7.89. The first-order chi connectivity index (χ1) is 23.5. The topological polar surface area (TPSA) is 73.1 Å². The molecular weight excluding hydrogens is 613 g/mol. The number of nitrogens with zero attached hydrogens (tertiary/aromatic N) is 2. The molecule has 0 N–H and O–H groups in total. The van der Waals surface area contributed by atoms with Crippen molar-refractivity contribution in [2.24, 2.45) is 0 Å². The molecule has 230 valence electrons. The van der Waals surface area contributed by atoms with Gasteiger partial charge >= 0.3 is 0 Å². The van der Waals surface area contributed by atoms with Gasteiger partial charge in [0.25, 0.3) is 0 Å². The predicted molar refractivity (Wildman–Crippen MR) is 193 cm³/mol. The normalized spacial score (nSPS) is 13.6. The van der Waals surface area contributed by atoms with Crippen LogP contribution in [0.25, 0.3) is 77.6 Å². The molecule has 0 saturated heterocycles. The molecule has 5 aromatic carbocycles. The van der Waals surface area contributed by atoms with Crippen LogP contribution < -0.4 is 0 Å². The van der Waals surface area contributed by atoms with E-state index in [1.807, 2.05) is 79.1 Å². The summed E-state index contributed by atoms with van der Waals surface area (Å²) in [5.41, 5.74) is 13.4. The van der Waals surface area contributed by atoms with E-state index >= 15 is 0 Å². The fourth-order valence-corrected chi connectivity index (χ4v) is 8.54. The molecule has 48 heavy (non-hydrogen) atoms. The van der Waals surface area contributed by atoms with E-state index in [9.17, 15) is 8.42 Å². The van der Waals surface area contributed by atoms with E-state index in [-0.39, 0.29) is 11.5 Å². The molecule has 5 nitrogen and oxygen atoms in total. The summed E-state index contributed by atoms with van der Waals surface area (Å²) in [5.74, 6) is -0.0155. The van der Waals surface area contributed by atoms with E-state index < -0.39 is 9.84 Å². The van der Waals surface area contributed by atoms with Crippen molar-refractivity contribution in [2.45, 2.75) is 11.5 Å². The van der Waals surface area contributed by atoms with Gasteiger partial charge < -0.3 is 4.42 Å². The van der Waals surface area contributed by atoms with Crippen molar-refractivity contribution in [3.8, 4) is 55.6 Å². The van der Waals surface area contributed by atoms with Gasteiger partial charge in [-0.25, -0.2) is 8.42 Å². The molecule has 0 amide bonds. The van der Waals surface area contributed by atoms with Crippen molar-refractivity contribution in [2.75, 3.05) is 0 Å². The Morgan fingerprint density at radius 3 is 1.71 bits per heavy atom. The van der Waals surface area contributed by atoms with Crippen molar-refractivity contribution in [3.05, 3.63) is 157 Å². The molecule has 0 radical (unpaired) electrons. The van der Waals surface area contributed by atoms with Crippen LogP contribution in [0.4, 0.5) is 0 Å². The average Bonchev–Trinajstić information content (AvgIpc) is 3.46. The van der Waals surface area contributed by atoms with Crippen LogP contribution in [0.3, 0.4) is 0 Å². The molecule has 3 aromatic heterocycles. The summed E-state index contributed by atoms with van der Waals surface area (Å²) in [5, 5.41) is 2.11. The third-order valence-corrected chi connectivity index (χ3v) is 10.7. The lowest BCUT2D eigenvalue weighted by Gasteiger charge is -2.15. The van der Waals surface area contributed by atoms with E-state index in [1.165, 1.54) is 0 Å². The van der Waals surface area contributed by atoms with E-state index in [1.54, 1.807) is 12.4 Å². The summed E-state index contributed by atoms with van der Waals surface area (Å²) >= 11 is 0. The quantitative estimate of drug-likeness (QED) is 0.191. The Morgan fingerprint density at radius 2 is 1.06 bits per heavy atom. The smallest absolute Gasteiger partial charge is 0.158 e. The molecular formula is C42H28N2O3S. The van der Waals surface area contributed by atoms with E-state index in [0.29, 0.717) is 0 Å². The van der Waals surface area contributed by atoms with E-state index in [0.717, 1.165) is 88.7 Å². The van der Waals surface area contributed by atoms with Gasteiger partial charge in [0.1, 0.15) is 11.2 Å². The summed E-state index contributed by atoms with van der Waals surface area (Å²) < 4.78 is 32.9. The lowest BCUT2D eigenvalue weighted by Crippen LogP contribution is -2.05. The standard InChI is InChI=1S/C42H28N2O3S/c45-48(46)25-31-14-12-27(33-18-34(29-6-4-16-43-23-29)20-35(19-33)30-7-5-17-44-24-30)21-38(31)39-22-28(13-15-32(39)26-48)36-9-3-11-41-42(36)37-8-1-2-10-40(37)47-41/h1-24H,25-26H2. The first-order valence-corrected chi connectivity index (χ1v) is 17.6. The Kier molecular flexibility index (Phi) is 6.59. The fraction of sp³-hybridized carbons (Fsp3) is 0.0476. The van der Waals surface area contributed by atoms with E-state index in [2.05, 4.69) is 64.6 Å². The molecule has 0 fully saturated rings. The van der Waals surface area contributed by atoms with Crippen molar-refractivity contribution in [3.63, 3.8) is 0 Å². The first-order valence-electron chi connectivity index (χ1n) is 15.8. The van der Waals surface area contributed by atoms with Crippen LogP contribution in [0.1, 0.15) is 11.1 Å². The molecule has 1 aliphatic heterocycles. The molecule has 0 unspecified atom stereocenters. The molecule has 0 saturated carbocycles. The zero-order chi connectivity index (χ0) is 32.2. The lowest BCUT2D eigenvalue weighted by atomic mass is 9.88. The summed E-state index contributed by atoms with van der Waals surface area (Å²) in [6.07, 6.45) is 7.29. The second-order valence-electron chi connectivity index (χ2n) is 12.3. The minimum atomic E-state index is -3.37. The number of furan rings is 1. The van der Waals surface area contributed by atoms with Crippen molar-refractivity contribution >= 4 is 31.8 Å². The molecule has 0 bridgehead atoms. The van der Waals surface area contributed by atoms with Crippen LogP contribution in [0, 0.1) is 0 Å². The van der Waals surface area contributed by atoms with Gasteiger partial charge in [-0.3, -0.25) is 9.97 Å². The summed E-state index contributed by atoms with van der Waals surface area (Å²) in [4.78, 5) is 8.73. The second kappa shape index (κ2) is 11.1. The molecule has 0 aliphatic carbocycles. The lowest BCUT2D eigenvalue weighted by molar-refractivity contribution is 0.595. The van der Waals surface area contributed by atoms with E-state index in [4.69, 9.17) is 4.42 Å². The Bertz CT molecular complexity index is 2570. The molecule has 6 heteroatoms. The van der Waals surface area contributed by atoms with Crippen molar-refractivity contribution in [1.82, 2.24) is 9.97 Å². The minimum absolute atomic E-state index is 0.00683. The second-order valence-corrected chi connectivity index (χ2v) is 14.4. The van der Waals surface area contributed by atoms with Crippen LogP contribution in [0.5, 0.6) is 0 Å². The molecule has 0 atom stereocenters. The zero-order valence-electron chi connectivity index (χ0n) is 25.8. The summed E-state index contributed by atoms with van der Waals surface area (Å²) in [7, 11) is -3.37. The highest BCUT2D eigenvalue weighted by Crippen LogP contribution is 2.42. The number of rotatable bonds is 4. The van der Waals surface area contributed by atoms with Crippen LogP contribution in [0.2, 0.25) is 0 Å². The van der Waals surface area contributed by atoms with Gasteiger partial charge in [0.15, 0.2) is 9.84 Å². The van der Waals surface area contributed by atoms with Gasteiger partial charge in [0.05, 0.1) is 11.5 Å². The molecule has 8 aromatic rings. The SMILES string of the molecule is O=S1(=O)Cc2ccc(-c3cc(-c4cccnc4)cc(-c4cccnc4)c3)cc2-c2cc(-c3cccc4oc5ccccc5c34)ccc2C1. The number of benzene rings is 5. The Balaban J connectivity index is 1.24. The highest BCUT2D eigenvalue weighted by Gasteiger charge is 2.25. The highest BCUT2D eigenvalue weighted by atomic mass is 32.2. The van der Waals surface area contributed by atoms with Crippen LogP contribution in [-0.2, 0) is 21.3 Å². The third-order valence-electron chi connectivity index (χ3n) is 9.23. The number of para-hydroxylation sites is 1. The summed E-state index contributed by atoms with van der Waals surface area (Å²) in [6.45, 7) is 0. The fourth-order valence-electron chi connectivity index (χ4n) is 6.99. The van der Waals surface area contributed by atoms with Gasteiger partial charge in [-0.1, -0.05) is 66.7 Å². The monoisotopic (exact) mass is 640 g/mol. The number of hydrogen-bond acceptors (Lipinski definition) is 5. The van der Waals surface area contributed by atoms with Crippen molar-refractivity contribution in [1.29, 1.82) is 0 Å². The molecule has 1 aliphatic rings. The number of hydrogen-bond donors (Lipinski definition) is 0. The zero-order valence-corrected chi connectivity index (χ0v) is 26.6. The maximum absolute atomic E-state index is 13.4. The number of aromatic nitrogens is 2. The van der Waals surface area contributed by atoms with Crippen LogP contribution >= 0.6 is 0 Å². The minimum Gasteiger partial charge on any atom is -0.456 e.